The summed E-state index contributed by atoms with van der Waals surface area (Å²) in [6.07, 6.45) is 1.59. The molecule has 0 spiro atoms. The molecular weight excluding hydrogens is 387 g/mol. The predicted molar refractivity (Wildman–Crippen MR) is 106 cm³/mol. The third-order valence-corrected chi connectivity index (χ3v) is 4.19. The summed E-state index contributed by atoms with van der Waals surface area (Å²) in [5.74, 6) is 1.06. The van der Waals surface area contributed by atoms with Gasteiger partial charge in [-0.3, -0.25) is 4.79 Å². The van der Waals surface area contributed by atoms with Crippen LogP contribution in [0.2, 0.25) is 0 Å². The lowest BCUT2D eigenvalue weighted by atomic mass is 10.1. The maximum absolute atomic E-state index is 13.2. The fourth-order valence-corrected chi connectivity index (χ4v) is 2.69. The molecule has 0 bridgehead atoms. The van der Waals surface area contributed by atoms with E-state index in [2.05, 4.69) is 20.4 Å². The van der Waals surface area contributed by atoms with Gasteiger partial charge in [-0.2, -0.15) is 4.98 Å². The first-order valence-corrected chi connectivity index (χ1v) is 9.14. The second kappa shape index (κ2) is 8.52. The molecule has 0 saturated carbocycles. The van der Waals surface area contributed by atoms with Gasteiger partial charge in [-0.25, -0.2) is 9.37 Å². The average Bonchev–Trinajstić information content (AvgIpc) is 3.19. The van der Waals surface area contributed by atoms with Gasteiger partial charge in [-0.05, 0) is 48.9 Å². The number of amides is 1. The van der Waals surface area contributed by atoms with E-state index < -0.39 is 0 Å². The maximum Gasteiger partial charge on any atom is 0.257 e. The summed E-state index contributed by atoms with van der Waals surface area (Å²) in [7, 11) is 0. The molecule has 0 fully saturated rings. The quantitative estimate of drug-likeness (QED) is 0.515. The Bertz CT molecular complexity index is 1160. The number of nitrogens with one attached hydrogen (secondary N) is 1. The van der Waals surface area contributed by atoms with E-state index in [0.717, 1.165) is 11.1 Å². The zero-order chi connectivity index (χ0) is 20.9. The second-order valence-corrected chi connectivity index (χ2v) is 6.47. The standard InChI is InChI=1S/C22H17FN4O3/c1-14-26-22(30-27-14)17-8-6-16(7-9-17)21(28)25-13-15-5-10-20(24-12-15)29-19-4-2-3-18(23)11-19/h2-12H,13H2,1H3,(H,25,28). The number of rotatable bonds is 6. The molecule has 2 heterocycles. The summed E-state index contributed by atoms with van der Waals surface area (Å²) in [6.45, 7) is 2.04. The van der Waals surface area contributed by atoms with Gasteiger partial charge in [-0.1, -0.05) is 17.3 Å². The highest BCUT2D eigenvalue weighted by Gasteiger charge is 2.09. The van der Waals surface area contributed by atoms with Crippen molar-refractivity contribution in [2.45, 2.75) is 13.5 Å². The Morgan fingerprint density at radius 1 is 1.13 bits per heavy atom. The van der Waals surface area contributed by atoms with Crippen LogP contribution in [0.15, 0.2) is 71.4 Å². The summed E-state index contributed by atoms with van der Waals surface area (Å²) >= 11 is 0. The normalized spacial score (nSPS) is 10.6. The van der Waals surface area contributed by atoms with E-state index in [4.69, 9.17) is 9.26 Å². The number of carbonyl (C=O) groups excluding carboxylic acids is 1. The lowest BCUT2D eigenvalue weighted by Gasteiger charge is -2.07. The number of benzene rings is 2. The molecule has 2 aromatic carbocycles. The van der Waals surface area contributed by atoms with E-state index in [9.17, 15) is 9.18 Å². The zero-order valence-electron chi connectivity index (χ0n) is 16.0. The summed E-state index contributed by atoms with van der Waals surface area (Å²) in [4.78, 5) is 20.7. The Balaban J connectivity index is 1.33. The summed E-state index contributed by atoms with van der Waals surface area (Å²) < 4.78 is 23.8. The zero-order valence-corrected chi connectivity index (χ0v) is 16.0. The number of ether oxygens (including phenoxy) is 1. The Morgan fingerprint density at radius 2 is 1.97 bits per heavy atom. The van der Waals surface area contributed by atoms with Gasteiger partial charge in [0.1, 0.15) is 11.6 Å². The van der Waals surface area contributed by atoms with E-state index in [1.54, 1.807) is 61.7 Å². The number of halogens is 1. The highest BCUT2D eigenvalue weighted by atomic mass is 19.1. The topological polar surface area (TPSA) is 90.1 Å². The van der Waals surface area contributed by atoms with Crippen molar-refractivity contribution in [2.24, 2.45) is 0 Å². The summed E-state index contributed by atoms with van der Waals surface area (Å²) in [5.41, 5.74) is 2.05. The third kappa shape index (κ3) is 4.67. The van der Waals surface area contributed by atoms with Crippen LogP contribution < -0.4 is 10.1 Å². The number of hydrogen-bond acceptors (Lipinski definition) is 6. The molecule has 0 atom stereocenters. The Kier molecular flexibility index (Phi) is 5.47. The van der Waals surface area contributed by atoms with E-state index >= 15 is 0 Å². The Morgan fingerprint density at radius 3 is 2.63 bits per heavy atom. The molecule has 150 valence electrons. The van der Waals surface area contributed by atoms with Gasteiger partial charge in [-0.15, -0.1) is 0 Å². The van der Waals surface area contributed by atoms with Crippen LogP contribution in [-0.2, 0) is 6.54 Å². The monoisotopic (exact) mass is 404 g/mol. The van der Waals surface area contributed by atoms with Crippen LogP contribution in [0.25, 0.3) is 11.5 Å². The molecule has 0 aliphatic heterocycles. The number of aromatic nitrogens is 3. The molecule has 0 aliphatic carbocycles. The maximum atomic E-state index is 13.2. The molecule has 0 aliphatic rings. The largest absolute Gasteiger partial charge is 0.439 e. The molecule has 7 nitrogen and oxygen atoms in total. The first-order valence-electron chi connectivity index (χ1n) is 9.14. The predicted octanol–water partition coefficient (Wildman–Crippen LogP) is 4.30. The molecule has 1 N–H and O–H groups in total. The fraction of sp³-hybridized carbons (Fsp3) is 0.0909. The minimum Gasteiger partial charge on any atom is -0.439 e. The molecule has 0 unspecified atom stereocenters. The smallest absolute Gasteiger partial charge is 0.257 e. The highest BCUT2D eigenvalue weighted by molar-refractivity contribution is 5.94. The van der Waals surface area contributed by atoms with Crippen LogP contribution in [0, 0.1) is 12.7 Å². The van der Waals surface area contributed by atoms with Crippen LogP contribution >= 0.6 is 0 Å². The minimum atomic E-state index is -0.382. The summed E-state index contributed by atoms with van der Waals surface area (Å²) in [5, 5.41) is 6.58. The lowest BCUT2D eigenvalue weighted by Crippen LogP contribution is -2.22. The van der Waals surface area contributed by atoms with Gasteiger partial charge in [0.05, 0.1) is 0 Å². The van der Waals surface area contributed by atoms with Crippen molar-refractivity contribution in [3.8, 4) is 23.1 Å². The average molecular weight is 404 g/mol. The number of hydrogen-bond donors (Lipinski definition) is 1. The fourth-order valence-electron chi connectivity index (χ4n) is 2.69. The van der Waals surface area contributed by atoms with Gasteiger partial charge in [0.2, 0.25) is 5.88 Å². The van der Waals surface area contributed by atoms with Crippen molar-refractivity contribution in [1.82, 2.24) is 20.4 Å². The first kappa shape index (κ1) is 19.3. The number of nitrogens with zero attached hydrogens (tertiary/aromatic N) is 3. The Hall–Kier alpha value is -4.07. The first-order chi connectivity index (χ1) is 14.6. The van der Waals surface area contributed by atoms with Gasteiger partial charge >= 0.3 is 0 Å². The molecule has 30 heavy (non-hydrogen) atoms. The van der Waals surface area contributed by atoms with E-state index in [1.165, 1.54) is 12.1 Å². The van der Waals surface area contributed by atoms with Gasteiger partial charge in [0, 0.05) is 36.0 Å². The van der Waals surface area contributed by atoms with Crippen molar-refractivity contribution in [3.05, 3.63) is 89.6 Å². The van der Waals surface area contributed by atoms with Crippen molar-refractivity contribution in [2.75, 3.05) is 0 Å². The Labute approximate surface area is 171 Å². The molecule has 4 rings (SSSR count). The molecule has 0 saturated heterocycles. The molecule has 4 aromatic rings. The minimum absolute atomic E-state index is 0.219. The third-order valence-electron chi connectivity index (χ3n) is 4.19. The molecular formula is C22H17FN4O3. The van der Waals surface area contributed by atoms with E-state index in [0.29, 0.717) is 35.5 Å². The van der Waals surface area contributed by atoms with E-state index in [1.807, 2.05) is 0 Å². The summed E-state index contributed by atoms with van der Waals surface area (Å²) in [6, 6.07) is 16.2. The second-order valence-electron chi connectivity index (χ2n) is 6.47. The SMILES string of the molecule is Cc1noc(-c2ccc(C(=O)NCc3ccc(Oc4cccc(F)c4)nc3)cc2)n1. The van der Waals surface area contributed by atoms with Gasteiger partial charge in [0.15, 0.2) is 5.82 Å². The van der Waals surface area contributed by atoms with Crippen molar-refractivity contribution in [3.63, 3.8) is 0 Å². The van der Waals surface area contributed by atoms with Crippen molar-refractivity contribution < 1.29 is 18.4 Å². The molecule has 8 heteroatoms. The number of aryl methyl sites for hydroxylation is 1. The van der Waals surface area contributed by atoms with Gasteiger partial charge < -0.3 is 14.6 Å². The molecule has 1 amide bonds. The molecule has 2 aromatic heterocycles. The van der Waals surface area contributed by atoms with Crippen molar-refractivity contribution in [1.29, 1.82) is 0 Å². The van der Waals surface area contributed by atoms with Crippen molar-refractivity contribution >= 4 is 5.91 Å². The number of pyridine rings is 1. The highest BCUT2D eigenvalue weighted by Crippen LogP contribution is 2.20. The number of carbonyl (C=O) groups is 1. The van der Waals surface area contributed by atoms with Crippen LogP contribution in [0.4, 0.5) is 4.39 Å². The van der Waals surface area contributed by atoms with Crippen LogP contribution in [0.5, 0.6) is 11.6 Å². The molecule has 0 radical (unpaired) electrons. The van der Waals surface area contributed by atoms with Gasteiger partial charge in [0.25, 0.3) is 11.8 Å². The van der Waals surface area contributed by atoms with Crippen LogP contribution in [0.1, 0.15) is 21.7 Å². The van der Waals surface area contributed by atoms with Crippen LogP contribution in [-0.4, -0.2) is 21.0 Å². The lowest BCUT2D eigenvalue weighted by molar-refractivity contribution is 0.0951. The van der Waals surface area contributed by atoms with Crippen LogP contribution in [0.3, 0.4) is 0 Å². The van der Waals surface area contributed by atoms with E-state index in [-0.39, 0.29) is 11.7 Å².